The third-order valence-corrected chi connectivity index (χ3v) is 2.83. The lowest BCUT2D eigenvalue weighted by Gasteiger charge is -2.05. The number of allylic oxidation sites excluding steroid dienone is 1. The molecule has 0 saturated heterocycles. The number of amides is 1. The minimum absolute atomic E-state index is 0.0543. The number of aliphatic hydroxyl groups is 1. The van der Waals surface area contributed by atoms with E-state index in [4.69, 9.17) is 10.5 Å². The molecule has 0 heterocycles. The lowest BCUT2D eigenvalue weighted by molar-refractivity contribution is -0.112. The van der Waals surface area contributed by atoms with E-state index in [2.05, 4.69) is 5.32 Å². The van der Waals surface area contributed by atoms with Crippen LogP contribution in [0.25, 0.3) is 0 Å². The Bertz CT molecular complexity index is 614. The standard InChI is InChI=1S/C14H11N3O2/c15-7-9-1-5-11(6-2-9)17-14(19)12(8-16)13(18)10-3-4-10/h1-2,5-6,10,18H,3-4H2,(H,17,19)/b13-12-. The molecule has 19 heavy (non-hydrogen) atoms. The Morgan fingerprint density at radius 1 is 1.26 bits per heavy atom. The van der Waals surface area contributed by atoms with Crippen molar-refractivity contribution in [1.82, 2.24) is 0 Å². The van der Waals surface area contributed by atoms with E-state index in [1.54, 1.807) is 30.3 Å². The molecule has 1 aliphatic carbocycles. The number of carbonyl (C=O) groups is 1. The maximum Gasteiger partial charge on any atom is 0.269 e. The summed E-state index contributed by atoms with van der Waals surface area (Å²) in [5.41, 5.74) is 0.710. The number of nitriles is 2. The molecule has 0 bridgehead atoms. The van der Waals surface area contributed by atoms with E-state index < -0.39 is 5.91 Å². The minimum atomic E-state index is -0.628. The summed E-state index contributed by atoms with van der Waals surface area (Å²) in [4.78, 5) is 11.9. The molecule has 1 saturated carbocycles. The van der Waals surface area contributed by atoms with Crippen LogP contribution in [0.5, 0.6) is 0 Å². The van der Waals surface area contributed by atoms with Crippen molar-refractivity contribution < 1.29 is 9.90 Å². The van der Waals surface area contributed by atoms with Crippen LogP contribution >= 0.6 is 0 Å². The zero-order valence-electron chi connectivity index (χ0n) is 10.1. The summed E-state index contributed by atoms with van der Waals surface area (Å²) in [5, 5.41) is 29.8. The maximum atomic E-state index is 11.9. The Hall–Kier alpha value is -2.79. The average molecular weight is 253 g/mol. The van der Waals surface area contributed by atoms with Gasteiger partial charge in [0.05, 0.1) is 11.6 Å². The topological polar surface area (TPSA) is 96.9 Å². The van der Waals surface area contributed by atoms with Crippen molar-refractivity contribution in [3.05, 3.63) is 41.2 Å². The average Bonchev–Trinajstić information content (AvgIpc) is 3.24. The molecule has 1 fully saturated rings. The molecular weight excluding hydrogens is 242 g/mol. The van der Waals surface area contributed by atoms with Crippen molar-refractivity contribution >= 4 is 11.6 Å². The molecule has 0 aliphatic heterocycles. The van der Waals surface area contributed by atoms with E-state index in [-0.39, 0.29) is 17.3 Å². The minimum Gasteiger partial charge on any atom is -0.510 e. The van der Waals surface area contributed by atoms with Crippen LogP contribution in [-0.2, 0) is 4.79 Å². The molecule has 0 unspecified atom stereocenters. The zero-order chi connectivity index (χ0) is 13.8. The monoisotopic (exact) mass is 253 g/mol. The third kappa shape index (κ3) is 2.91. The lowest BCUT2D eigenvalue weighted by Crippen LogP contribution is -2.15. The lowest BCUT2D eigenvalue weighted by atomic mass is 10.1. The molecule has 0 spiro atoms. The molecule has 2 N–H and O–H groups in total. The molecule has 94 valence electrons. The highest BCUT2D eigenvalue weighted by molar-refractivity contribution is 6.07. The van der Waals surface area contributed by atoms with Gasteiger partial charge in [-0.25, -0.2) is 0 Å². The second kappa shape index (κ2) is 5.24. The second-order valence-corrected chi connectivity index (χ2v) is 4.29. The number of anilines is 1. The molecule has 1 amide bonds. The van der Waals surface area contributed by atoms with Crippen molar-refractivity contribution in [1.29, 1.82) is 10.5 Å². The van der Waals surface area contributed by atoms with E-state index in [9.17, 15) is 9.90 Å². The first-order valence-corrected chi connectivity index (χ1v) is 5.80. The number of aliphatic hydroxyl groups excluding tert-OH is 1. The van der Waals surface area contributed by atoms with Gasteiger partial charge in [0.1, 0.15) is 11.8 Å². The van der Waals surface area contributed by atoms with Crippen molar-refractivity contribution in [2.24, 2.45) is 5.92 Å². The number of carbonyl (C=O) groups excluding carboxylic acids is 1. The first-order valence-electron chi connectivity index (χ1n) is 5.80. The summed E-state index contributed by atoms with van der Waals surface area (Å²) in [7, 11) is 0. The van der Waals surface area contributed by atoms with Gasteiger partial charge in [0.15, 0.2) is 5.57 Å². The SMILES string of the molecule is N#C/C(C(=O)Nc1ccc(C#N)cc1)=C(/O)C1CC1. The Balaban J connectivity index is 2.14. The van der Waals surface area contributed by atoms with E-state index in [0.717, 1.165) is 12.8 Å². The molecule has 5 nitrogen and oxygen atoms in total. The van der Waals surface area contributed by atoms with Gasteiger partial charge >= 0.3 is 0 Å². The van der Waals surface area contributed by atoms with Crippen molar-refractivity contribution in [3.8, 4) is 12.1 Å². The van der Waals surface area contributed by atoms with Gasteiger partial charge in [-0.15, -0.1) is 0 Å². The highest BCUT2D eigenvalue weighted by Gasteiger charge is 2.30. The zero-order valence-corrected chi connectivity index (χ0v) is 10.1. The predicted octanol–water partition coefficient (Wildman–Crippen LogP) is 2.24. The number of nitrogens with zero attached hydrogens (tertiary/aromatic N) is 2. The molecular formula is C14H11N3O2. The van der Waals surface area contributed by atoms with E-state index in [0.29, 0.717) is 11.3 Å². The van der Waals surface area contributed by atoms with Crippen molar-refractivity contribution in [2.45, 2.75) is 12.8 Å². The Morgan fingerprint density at radius 3 is 2.37 bits per heavy atom. The van der Waals surface area contributed by atoms with E-state index in [1.807, 2.05) is 6.07 Å². The quantitative estimate of drug-likeness (QED) is 0.490. The summed E-state index contributed by atoms with van der Waals surface area (Å²) in [6.07, 6.45) is 1.61. The fourth-order valence-corrected chi connectivity index (χ4v) is 1.61. The highest BCUT2D eigenvalue weighted by atomic mass is 16.3. The van der Waals surface area contributed by atoms with Gasteiger partial charge in [-0.2, -0.15) is 10.5 Å². The molecule has 0 aromatic heterocycles. The van der Waals surface area contributed by atoms with Gasteiger partial charge in [0, 0.05) is 11.6 Å². The molecule has 1 aliphatic rings. The molecule has 1 aromatic rings. The van der Waals surface area contributed by atoms with Gasteiger partial charge in [-0.05, 0) is 37.1 Å². The number of rotatable bonds is 3. The van der Waals surface area contributed by atoms with Crippen LogP contribution in [0.15, 0.2) is 35.6 Å². The largest absolute Gasteiger partial charge is 0.510 e. The highest BCUT2D eigenvalue weighted by Crippen LogP contribution is 2.36. The van der Waals surface area contributed by atoms with Crippen LogP contribution in [0.3, 0.4) is 0 Å². The number of benzene rings is 1. The van der Waals surface area contributed by atoms with Gasteiger partial charge in [-0.1, -0.05) is 0 Å². The smallest absolute Gasteiger partial charge is 0.269 e. The molecule has 5 heteroatoms. The fourth-order valence-electron chi connectivity index (χ4n) is 1.61. The van der Waals surface area contributed by atoms with Crippen LogP contribution in [0.1, 0.15) is 18.4 Å². The van der Waals surface area contributed by atoms with E-state index in [1.165, 1.54) is 0 Å². The Labute approximate surface area is 110 Å². The predicted molar refractivity (Wildman–Crippen MR) is 67.8 cm³/mol. The van der Waals surface area contributed by atoms with Gasteiger partial charge < -0.3 is 10.4 Å². The van der Waals surface area contributed by atoms with Crippen LogP contribution < -0.4 is 5.32 Å². The summed E-state index contributed by atoms with van der Waals surface area (Å²) >= 11 is 0. The number of hydrogen-bond donors (Lipinski definition) is 2. The van der Waals surface area contributed by atoms with Crippen LogP contribution in [0, 0.1) is 28.6 Å². The summed E-state index contributed by atoms with van der Waals surface area (Å²) in [5.74, 6) is -0.813. The fraction of sp³-hybridized carbons (Fsp3) is 0.214. The number of nitrogens with one attached hydrogen (secondary N) is 1. The molecule has 1 aromatic carbocycles. The summed E-state index contributed by atoms with van der Waals surface area (Å²) in [6.45, 7) is 0. The summed E-state index contributed by atoms with van der Waals surface area (Å²) < 4.78 is 0. The van der Waals surface area contributed by atoms with Gasteiger partial charge in [0.2, 0.25) is 0 Å². The van der Waals surface area contributed by atoms with Gasteiger partial charge in [0.25, 0.3) is 5.91 Å². The Morgan fingerprint density at radius 2 is 1.89 bits per heavy atom. The van der Waals surface area contributed by atoms with Crippen LogP contribution in [0.4, 0.5) is 5.69 Å². The first-order chi connectivity index (χ1) is 9.15. The van der Waals surface area contributed by atoms with Crippen molar-refractivity contribution in [3.63, 3.8) is 0 Å². The van der Waals surface area contributed by atoms with Gasteiger partial charge in [-0.3, -0.25) is 4.79 Å². The molecule has 0 radical (unpaired) electrons. The second-order valence-electron chi connectivity index (χ2n) is 4.29. The third-order valence-electron chi connectivity index (χ3n) is 2.83. The van der Waals surface area contributed by atoms with E-state index >= 15 is 0 Å². The molecule has 2 rings (SSSR count). The first kappa shape index (κ1) is 12.7. The van der Waals surface area contributed by atoms with Crippen LogP contribution in [-0.4, -0.2) is 11.0 Å². The maximum absolute atomic E-state index is 11.9. The summed E-state index contributed by atoms with van der Waals surface area (Å²) in [6, 6.07) is 9.96. The normalized spacial score (nSPS) is 14.8. The van der Waals surface area contributed by atoms with Crippen molar-refractivity contribution in [2.75, 3.05) is 5.32 Å². The Kier molecular flexibility index (Phi) is 3.49. The molecule has 0 atom stereocenters. The van der Waals surface area contributed by atoms with Crippen LogP contribution in [0.2, 0.25) is 0 Å². The number of hydrogen-bond acceptors (Lipinski definition) is 4.